The second-order valence-electron chi connectivity index (χ2n) is 4.84. The molecule has 0 fully saturated rings. The minimum Gasteiger partial charge on any atom is -0.506 e. The highest BCUT2D eigenvalue weighted by molar-refractivity contribution is 6.23. The molecule has 0 atom stereocenters. The molecule has 22 heavy (non-hydrogen) atoms. The number of phenolic OH excluding ortho intramolecular Hbond substituents is 3. The fourth-order valence-electron chi connectivity index (χ4n) is 2.61. The lowest BCUT2D eigenvalue weighted by Crippen LogP contribution is -2.07. The zero-order valence-corrected chi connectivity index (χ0v) is 10.7. The number of anilines is 1. The smallest absolute Gasteiger partial charge is 0.344 e. The molecule has 8 nitrogen and oxygen atoms in total. The SMILES string of the molecule is Nc1c(O)cc2c(=O)oc3c(O)c(O)cc4c(=O)oc1c2c34. The molecule has 0 amide bonds. The number of hydrogen-bond donors (Lipinski definition) is 4. The number of benzene rings is 2. The van der Waals surface area contributed by atoms with Gasteiger partial charge in [-0.15, -0.1) is 0 Å². The third-order valence-electron chi connectivity index (χ3n) is 3.61. The van der Waals surface area contributed by atoms with Crippen molar-refractivity contribution in [2.75, 3.05) is 5.73 Å². The normalized spacial score (nSPS) is 11.8. The number of rotatable bonds is 0. The molecule has 2 heterocycles. The van der Waals surface area contributed by atoms with Crippen LogP contribution in [0.2, 0.25) is 0 Å². The van der Waals surface area contributed by atoms with Crippen LogP contribution in [-0.4, -0.2) is 15.3 Å². The molecule has 2 aromatic heterocycles. The standard InChI is InChI=1S/C14H7NO7/c15-9-5(16)1-3-7-8-4(13(19)21-11(7)9)2-6(17)10(18)12(8)22-14(3)20/h1-2,16-18H,15H2. The summed E-state index contributed by atoms with van der Waals surface area (Å²) >= 11 is 0. The van der Waals surface area contributed by atoms with Crippen molar-refractivity contribution in [3.05, 3.63) is 33.0 Å². The Morgan fingerprint density at radius 1 is 0.818 bits per heavy atom. The van der Waals surface area contributed by atoms with E-state index in [1.807, 2.05) is 0 Å². The van der Waals surface area contributed by atoms with Crippen molar-refractivity contribution in [2.45, 2.75) is 0 Å². The summed E-state index contributed by atoms with van der Waals surface area (Å²) in [7, 11) is 0. The van der Waals surface area contributed by atoms with Gasteiger partial charge in [0.2, 0.25) is 5.75 Å². The summed E-state index contributed by atoms with van der Waals surface area (Å²) in [5.41, 5.74) is 3.19. The molecule has 0 aliphatic rings. The van der Waals surface area contributed by atoms with Crippen LogP contribution in [0.25, 0.3) is 32.7 Å². The minimum atomic E-state index is -0.885. The van der Waals surface area contributed by atoms with Gasteiger partial charge >= 0.3 is 11.3 Å². The molecular formula is C14H7NO7. The van der Waals surface area contributed by atoms with E-state index in [9.17, 15) is 24.9 Å². The summed E-state index contributed by atoms with van der Waals surface area (Å²) < 4.78 is 10.0. The van der Waals surface area contributed by atoms with Gasteiger partial charge in [0.1, 0.15) is 11.4 Å². The molecule has 0 spiro atoms. The minimum absolute atomic E-state index is 0.0620. The molecule has 5 N–H and O–H groups in total. The molecule has 0 saturated carbocycles. The molecular weight excluding hydrogens is 294 g/mol. The van der Waals surface area contributed by atoms with Crippen LogP contribution in [0, 0.1) is 0 Å². The van der Waals surface area contributed by atoms with Gasteiger partial charge in [0.15, 0.2) is 16.9 Å². The van der Waals surface area contributed by atoms with Crippen molar-refractivity contribution in [1.82, 2.24) is 0 Å². The van der Waals surface area contributed by atoms with E-state index in [4.69, 9.17) is 14.6 Å². The highest BCUT2D eigenvalue weighted by Gasteiger charge is 2.24. The maximum Gasteiger partial charge on any atom is 0.344 e. The van der Waals surface area contributed by atoms with Crippen molar-refractivity contribution in [3.63, 3.8) is 0 Å². The molecule has 0 aliphatic heterocycles. The largest absolute Gasteiger partial charge is 0.506 e. The average molecular weight is 301 g/mol. The van der Waals surface area contributed by atoms with Gasteiger partial charge in [-0.05, 0) is 12.1 Å². The molecule has 0 bridgehead atoms. The summed E-state index contributed by atoms with van der Waals surface area (Å²) in [6.07, 6.45) is 0. The van der Waals surface area contributed by atoms with Gasteiger partial charge in [-0.1, -0.05) is 0 Å². The van der Waals surface area contributed by atoms with E-state index in [2.05, 4.69) is 0 Å². The zero-order valence-electron chi connectivity index (χ0n) is 10.7. The molecule has 110 valence electrons. The Hall–Kier alpha value is -3.42. The average Bonchev–Trinajstić information content (AvgIpc) is 2.47. The van der Waals surface area contributed by atoms with Gasteiger partial charge in [0.05, 0.1) is 10.8 Å². The number of aromatic hydroxyl groups is 3. The van der Waals surface area contributed by atoms with E-state index >= 15 is 0 Å². The molecule has 0 radical (unpaired) electrons. The molecule has 0 aliphatic carbocycles. The Balaban J connectivity index is 2.55. The third kappa shape index (κ3) is 1.26. The van der Waals surface area contributed by atoms with E-state index in [0.717, 1.165) is 12.1 Å². The van der Waals surface area contributed by atoms with Gasteiger partial charge in [0.25, 0.3) is 0 Å². The van der Waals surface area contributed by atoms with Gasteiger partial charge in [-0.3, -0.25) is 0 Å². The number of hydrogen-bond acceptors (Lipinski definition) is 8. The summed E-state index contributed by atoms with van der Waals surface area (Å²) in [4.78, 5) is 24.1. The van der Waals surface area contributed by atoms with Crippen molar-refractivity contribution in [2.24, 2.45) is 0 Å². The van der Waals surface area contributed by atoms with E-state index in [1.54, 1.807) is 0 Å². The van der Waals surface area contributed by atoms with Crippen LogP contribution in [0.5, 0.6) is 17.2 Å². The van der Waals surface area contributed by atoms with E-state index in [0.29, 0.717) is 0 Å². The topological polar surface area (TPSA) is 147 Å². The maximum atomic E-state index is 12.1. The first kappa shape index (κ1) is 12.3. The summed E-state index contributed by atoms with van der Waals surface area (Å²) in [5, 5.41) is 29.3. The second kappa shape index (κ2) is 3.61. The highest BCUT2D eigenvalue weighted by Crippen LogP contribution is 2.43. The number of nitrogen functional groups attached to an aromatic ring is 1. The Bertz CT molecular complexity index is 1110. The second-order valence-corrected chi connectivity index (χ2v) is 4.84. The van der Waals surface area contributed by atoms with Gasteiger partial charge < -0.3 is 29.9 Å². The van der Waals surface area contributed by atoms with Crippen LogP contribution >= 0.6 is 0 Å². The highest BCUT2D eigenvalue weighted by atomic mass is 16.4. The maximum absolute atomic E-state index is 12.1. The van der Waals surface area contributed by atoms with Crippen molar-refractivity contribution in [3.8, 4) is 17.2 Å². The first-order chi connectivity index (χ1) is 10.4. The molecule has 2 aromatic carbocycles. The summed E-state index contributed by atoms with van der Waals surface area (Å²) in [5.74, 6) is -1.74. The van der Waals surface area contributed by atoms with E-state index in [1.165, 1.54) is 0 Å². The van der Waals surface area contributed by atoms with Crippen molar-refractivity contribution in [1.29, 1.82) is 0 Å². The first-order valence-electron chi connectivity index (χ1n) is 6.09. The molecule has 0 unspecified atom stereocenters. The summed E-state index contributed by atoms with van der Waals surface area (Å²) in [6.45, 7) is 0. The van der Waals surface area contributed by atoms with Gasteiger partial charge in [0, 0.05) is 10.8 Å². The fraction of sp³-hybridized carbons (Fsp3) is 0. The van der Waals surface area contributed by atoms with Crippen molar-refractivity contribution >= 4 is 38.4 Å². The Morgan fingerprint density at radius 3 is 1.95 bits per heavy atom. The quantitative estimate of drug-likeness (QED) is 0.164. The van der Waals surface area contributed by atoms with E-state index < -0.39 is 28.5 Å². The van der Waals surface area contributed by atoms with Crippen LogP contribution in [0.15, 0.2) is 30.6 Å². The molecule has 4 rings (SSSR count). The molecule has 4 aromatic rings. The molecule has 0 saturated heterocycles. The van der Waals surface area contributed by atoms with Crippen LogP contribution in [0.4, 0.5) is 5.69 Å². The number of phenols is 3. The third-order valence-corrected chi connectivity index (χ3v) is 3.61. The monoisotopic (exact) mass is 301 g/mol. The predicted molar refractivity (Wildman–Crippen MR) is 76.6 cm³/mol. The van der Waals surface area contributed by atoms with Crippen LogP contribution < -0.4 is 17.0 Å². The first-order valence-corrected chi connectivity index (χ1v) is 6.09. The van der Waals surface area contributed by atoms with Gasteiger partial charge in [-0.25, -0.2) is 9.59 Å². The lowest BCUT2D eigenvalue weighted by molar-refractivity contribution is 0.398. The van der Waals surface area contributed by atoms with Gasteiger partial charge in [-0.2, -0.15) is 0 Å². The molecule has 8 heteroatoms. The van der Waals surface area contributed by atoms with Crippen LogP contribution in [0.3, 0.4) is 0 Å². The fourth-order valence-corrected chi connectivity index (χ4v) is 2.61. The predicted octanol–water partition coefficient (Wildman–Crippen LogP) is 1.19. The Kier molecular flexibility index (Phi) is 2.02. The van der Waals surface area contributed by atoms with E-state index in [-0.39, 0.29) is 38.4 Å². The van der Waals surface area contributed by atoms with Crippen LogP contribution in [0.1, 0.15) is 0 Å². The zero-order chi connectivity index (χ0) is 15.8. The van der Waals surface area contributed by atoms with Crippen molar-refractivity contribution < 1.29 is 24.2 Å². The van der Waals surface area contributed by atoms with Crippen LogP contribution in [-0.2, 0) is 0 Å². The Labute approximate surface area is 119 Å². The lowest BCUT2D eigenvalue weighted by Gasteiger charge is -2.11. The lowest BCUT2D eigenvalue weighted by atomic mass is 10.0. The summed E-state index contributed by atoms with van der Waals surface area (Å²) in [6, 6.07) is 2.09. The Morgan fingerprint density at radius 2 is 1.32 bits per heavy atom. The number of nitrogens with two attached hydrogens (primary N) is 1.